The van der Waals surface area contributed by atoms with Crippen LogP contribution in [0.1, 0.15) is 75.3 Å². The van der Waals surface area contributed by atoms with Gasteiger partial charge in [-0.25, -0.2) is 0 Å². The molecule has 8 aromatic rings. The Balaban J connectivity index is 1.16. The van der Waals surface area contributed by atoms with Crippen LogP contribution >= 0.6 is 0 Å². The number of para-hydroxylation sites is 2. The average molecular weight is 660 g/mol. The summed E-state index contributed by atoms with van der Waals surface area (Å²) >= 11 is 0. The highest BCUT2D eigenvalue weighted by Gasteiger charge is 2.42. The van der Waals surface area contributed by atoms with Crippen LogP contribution in [0.25, 0.3) is 55.0 Å². The first kappa shape index (κ1) is 30.2. The maximum absolute atomic E-state index is 6.63. The summed E-state index contributed by atoms with van der Waals surface area (Å²) in [6.45, 7) is 14.1. The van der Waals surface area contributed by atoms with E-state index in [4.69, 9.17) is 4.42 Å². The van der Waals surface area contributed by atoms with Gasteiger partial charge in [0.15, 0.2) is 5.58 Å². The van der Waals surface area contributed by atoms with Crippen molar-refractivity contribution in [3.05, 3.63) is 161 Å². The molecule has 2 nitrogen and oxygen atoms in total. The number of hydrogen-bond donors (Lipinski definition) is 0. The first-order valence-corrected chi connectivity index (χ1v) is 18.3. The number of rotatable bonds is 4. The van der Waals surface area contributed by atoms with E-state index in [9.17, 15) is 0 Å². The molecular formula is C49H41NO. The standard InChI is InChI=1S/C49H41NO/c1-29(2)30-18-21-32(22-19-30)50(44-16-11-15-38-36-14-9-10-17-45(36)51-47(38)44)33-23-25-35-39-27-43-40(28-42(39)48(3,4)41(35)26-33)37-24-20-31-12-7-8-13-34(31)46(37)49(43,5)6/h7-29H,1-6H3. The van der Waals surface area contributed by atoms with Crippen molar-refractivity contribution in [3.8, 4) is 22.3 Å². The van der Waals surface area contributed by atoms with Crippen molar-refractivity contribution < 1.29 is 4.42 Å². The van der Waals surface area contributed by atoms with E-state index in [1.807, 2.05) is 6.07 Å². The largest absolute Gasteiger partial charge is 0.454 e. The molecule has 1 heterocycles. The first-order valence-electron chi connectivity index (χ1n) is 18.3. The highest BCUT2D eigenvalue weighted by atomic mass is 16.3. The Bertz CT molecular complexity index is 2720. The Kier molecular flexibility index (Phi) is 6.20. The molecule has 0 bridgehead atoms. The lowest BCUT2D eigenvalue weighted by Crippen LogP contribution is -2.17. The minimum absolute atomic E-state index is 0.0996. The molecule has 0 aliphatic heterocycles. The van der Waals surface area contributed by atoms with Gasteiger partial charge in [-0.3, -0.25) is 0 Å². The van der Waals surface area contributed by atoms with Crippen molar-refractivity contribution in [3.63, 3.8) is 0 Å². The fraction of sp³-hybridized carbons (Fsp3) is 0.184. The maximum atomic E-state index is 6.63. The van der Waals surface area contributed by atoms with Crippen LogP contribution in [-0.4, -0.2) is 0 Å². The molecule has 7 aromatic carbocycles. The molecule has 0 saturated heterocycles. The van der Waals surface area contributed by atoms with Crippen molar-refractivity contribution in [2.45, 2.75) is 58.3 Å². The zero-order chi connectivity index (χ0) is 34.8. The summed E-state index contributed by atoms with van der Waals surface area (Å²) in [7, 11) is 0. The second-order valence-corrected chi connectivity index (χ2v) is 16.0. The summed E-state index contributed by atoms with van der Waals surface area (Å²) in [4.78, 5) is 2.39. The zero-order valence-corrected chi connectivity index (χ0v) is 30.1. The molecule has 2 aliphatic rings. The molecule has 0 fully saturated rings. The average Bonchev–Trinajstić information content (AvgIpc) is 3.71. The van der Waals surface area contributed by atoms with Crippen LogP contribution < -0.4 is 4.90 Å². The highest BCUT2D eigenvalue weighted by Crippen LogP contribution is 2.58. The van der Waals surface area contributed by atoms with E-state index in [0.29, 0.717) is 5.92 Å². The Labute approximate surface area is 300 Å². The molecule has 1 aromatic heterocycles. The molecule has 2 heteroatoms. The fourth-order valence-corrected chi connectivity index (χ4v) is 9.30. The lowest BCUT2D eigenvalue weighted by Gasteiger charge is -2.28. The van der Waals surface area contributed by atoms with Crippen molar-refractivity contribution in [1.82, 2.24) is 0 Å². The van der Waals surface area contributed by atoms with Crippen LogP contribution in [0.2, 0.25) is 0 Å². The van der Waals surface area contributed by atoms with E-state index in [1.165, 1.54) is 60.8 Å². The molecular weight excluding hydrogens is 619 g/mol. The number of hydrogen-bond acceptors (Lipinski definition) is 2. The van der Waals surface area contributed by atoms with Gasteiger partial charge in [0.25, 0.3) is 0 Å². The predicted molar refractivity (Wildman–Crippen MR) is 215 cm³/mol. The lowest BCUT2D eigenvalue weighted by molar-refractivity contribution is 0.654. The minimum Gasteiger partial charge on any atom is -0.454 e. The van der Waals surface area contributed by atoms with Crippen LogP contribution in [0.4, 0.5) is 17.1 Å². The van der Waals surface area contributed by atoms with E-state index >= 15 is 0 Å². The molecule has 51 heavy (non-hydrogen) atoms. The topological polar surface area (TPSA) is 16.4 Å². The zero-order valence-electron chi connectivity index (χ0n) is 30.1. The number of nitrogens with zero attached hydrogens (tertiary/aromatic N) is 1. The third-order valence-corrected chi connectivity index (χ3v) is 12.0. The van der Waals surface area contributed by atoms with Gasteiger partial charge in [-0.2, -0.15) is 0 Å². The number of fused-ring (bicyclic) bond motifs is 11. The van der Waals surface area contributed by atoms with Gasteiger partial charge < -0.3 is 9.32 Å². The van der Waals surface area contributed by atoms with Gasteiger partial charge in [0.2, 0.25) is 0 Å². The molecule has 2 aliphatic carbocycles. The van der Waals surface area contributed by atoms with Gasteiger partial charge in [0, 0.05) is 33.0 Å². The number of anilines is 3. The molecule has 0 unspecified atom stereocenters. The first-order chi connectivity index (χ1) is 24.6. The van der Waals surface area contributed by atoms with Gasteiger partial charge in [-0.05, 0) is 115 Å². The summed E-state index contributed by atoms with van der Waals surface area (Å²) in [6, 6.07) is 49.6. The Morgan fingerprint density at radius 1 is 0.510 bits per heavy atom. The van der Waals surface area contributed by atoms with Gasteiger partial charge in [0.1, 0.15) is 5.58 Å². The third kappa shape index (κ3) is 4.17. The van der Waals surface area contributed by atoms with Gasteiger partial charge in [0.05, 0.1) is 5.69 Å². The molecule has 0 atom stereocenters. The van der Waals surface area contributed by atoms with Crippen LogP contribution in [0.3, 0.4) is 0 Å². The van der Waals surface area contributed by atoms with E-state index in [0.717, 1.165) is 39.0 Å². The summed E-state index contributed by atoms with van der Waals surface area (Å²) < 4.78 is 6.63. The summed E-state index contributed by atoms with van der Waals surface area (Å²) in [6.07, 6.45) is 0. The van der Waals surface area contributed by atoms with Crippen molar-refractivity contribution in [1.29, 1.82) is 0 Å². The van der Waals surface area contributed by atoms with Crippen LogP contribution in [0, 0.1) is 0 Å². The van der Waals surface area contributed by atoms with Crippen LogP contribution in [0.15, 0.2) is 138 Å². The van der Waals surface area contributed by atoms with Crippen molar-refractivity contribution in [2.75, 3.05) is 4.90 Å². The van der Waals surface area contributed by atoms with Gasteiger partial charge in [-0.1, -0.05) is 126 Å². The smallest absolute Gasteiger partial charge is 0.159 e. The van der Waals surface area contributed by atoms with E-state index in [2.05, 4.69) is 174 Å². The second-order valence-electron chi connectivity index (χ2n) is 16.0. The molecule has 248 valence electrons. The lowest BCUT2D eigenvalue weighted by atomic mass is 9.78. The van der Waals surface area contributed by atoms with E-state index < -0.39 is 0 Å². The van der Waals surface area contributed by atoms with Crippen molar-refractivity contribution >= 4 is 49.8 Å². The van der Waals surface area contributed by atoms with Crippen LogP contribution in [-0.2, 0) is 10.8 Å². The van der Waals surface area contributed by atoms with E-state index in [1.54, 1.807) is 0 Å². The van der Waals surface area contributed by atoms with Gasteiger partial charge in [-0.15, -0.1) is 0 Å². The van der Waals surface area contributed by atoms with E-state index in [-0.39, 0.29) is 10.8 Å². The Morgan fingerprint density at radius 3 is 1.92 bits per heavy atom. The normalized spacial score (nSPS) is 15.0. The summed E-state index contributed by atoms with van der Waals surface area (Å²) in [5.74, 6) is 0.461. The second kappa shape index (κ2) is 10.5. The maximum Gasteiger partial charge on any atom is 0.159 e. The summed E-state index contributed by atoms with van der Waals surface area (Å²) in [5, 5.41) is 4.94. The molecule has 0 spiro atoms. The Morgan fingerprint density at radius 2 is 1.14 bits per heavy atom. The quantitative estimate of drug-likeness (QED) is 0.187. The van der Waals surface area contributed by atoms with Crippen molar-refractivity contribution in [2.24, 2.45) is 0 Å². The fourth-order valence-electron chi connectivity index (χ4n) is 9.30. The molecule has 0 radical (unpaired) electrons. The van der Waals surface area contributed by atoms with Gasteiger partial charge >= 0.3 is 0 Å². The molecule has 10 rings (SSSR count). The number of furan rings is 1. The predicted octanol–water partition coefficient (Wildman–Crippen LogP) is 13.9. The minimum atomic E-state index is -0.183. The molecule has 0 N–H and O–H groups in total. The third-order valence-electron chi connectivity index (χ3n) is 12.0. The SMILES string of the molecule is CC(C)c1ccc(N(c2ccc3c(c2)C(C)(C)c2cc4c(cc2-3)C(C)(C)c2c-4ccc3ccccc23)c2cccc3c2oc2ccccc23)cc1. The number of benzene rings is 7. The molecule has 0 saturated carbocycles. The van der Waals surface area contributed by atoms with Crippen LogP contribution in [0.5, 0.6) is 0 Å². The monoisotopic (exact) mass is 659 g/mol. The highest BCUT2D eigenvalue weighted by molar-refractivity contribution is 6.10. The summed E-state index contributed by atoms with van der Waals surface area (Å²) in [5.41, 5.74) is 17.2. The Hall–Kier alpha value is -5.60. The molecule has 0 amide bonds.